The van der Waals surface area contributed by atoms with Crippen LogP contribution in [-0.4, -0.2) is 15.6 Å². The van der Waals surface area contributed by atoms with Crippen molar-refractivity contribution in [3.63, 3.8) is 0 Å². The number of aryl methyl sites for hydroxylation is 1. The minimum atomic E-state index is 0.0113. The van der Waals surface area contributed by atoms with Crippen molar-refractivity contribution in [1.82, 2.24) is 9.55 Å². The highest BCUT2D eigenvalue weighted by atomic mass is 16.3. The van der Waals surface area contributed by atoms with E-state index >= 15 is 0 Å². The molecule has 2 unspecified atom stereocenters. The van der Waals surface area contributed by atoms with E-state index in [1.54, 1.807) is 0 Å². The third-order valence-electron chi connectivity index (χ3n) is 3.44. The van der Waals surface area contributed by atoms with Gasteiger partial charge in [-0.3, -0.25) is 0 Å². The van der Waals surface area contributed by atoms with Gasteiger partial charge in [-0.05, 0) is 25.5 Å². The average Bonchev–Trinajstić information content (AvgIpc) is 2.99. The Kier molecular flexibility index (Phi) is 4.10. The molecule has 2 atom stereocenters. The van der Waals surface area contributed by atoms with Gasteiger partial charge in [-0.2, -0.15) is 0 Å². The number of aromatic nitrogens is 2. The molecule has 0 amide bonds. The Labute approximate surface area is 114 Å². The number of hydrogen-bond acceptors (Lipinski definition) is 3. The van der Waals surface area contributed by atoms with Gasteiger partial charge in [0.25, 0.3) is 0 Å². The average molecular weight is 261 g/mol. The predicted octanol–water partition coefficient (Wildman–Crippen LogP) is 3.23. The van der Waals surface area contributed by atoms with Crippen LogP contribution in [0.4, 0.5) is 0 Å². The molecule has 0 aromatic carbocycles. The van der Waals surface area contributed by atoms with Crippen LogP contribution in [0.2, 0.25) is 0 Å². The molecule has 2 heterocycles. The molecule has 0 bridgehead atoms. The molecule has 0 saturated heterocycles. The van der Waals surface area contributed by atoms with Crippen molar-refractivity contribution in [3.05, 3.63) is 41.9 Å². The summed E-state index contributed by atoms with van der Waals surface area (Å²) in [5.41, 5.74) is 6.31. The zero-order chi connectivity index (χ0) is 14.0. The van der Waals surface area contributed by atoms with Crippen LogP contribution in [0.25, 0.3) is 0 Å². The summed E-state index contributed by atoms with van der Waals surface area (Å²) >= 11 is 0. The van der Waals surface area contributed by atoms with Gasteiger partial charge >= 0.3 is 0 Å². The molecule has 104 valence electrons. The summed E-state index contributed by atoms with van der Waals surface area (Å²) in [7, 11) is 0. The van der Waals surface area contributed by atoms with Crippen LogP contribution in [0, 0.1) is 6.92 Å². The van der Waals surface area contributed by atoms with Gasteiger partial charge in [0.1, 0.15) is 23.4 Å². The fourth-order valence-corrected chi connectivity index (χ4v) is 2.40. The summed E-state index contributed by atoms with van der Waals surface area (Å²) in [5, 5.41) is 0. The number of furan rings is 1. The Balaban J connectivity index is 2.46. The first kappa shape index (κ1) is 13.9. The van der Waals surface area contributed by atoms with E-state index in [4.69, 9.17) is 10.2 Å². The van der Waals surface area contributed by atoms with Gasteiger partial charge in [0.2, 0.25) is 0 Å². The maximum absolute atomic E-state index is 6.31. The molecule has 0 fully saturated rings. The summed E-state index contributed by atoms with van der Waals surface area (Å²) in [6.07, 6.45) is 4.72. The molecule has 2 rings (SSSR count). The zero-order valence-electron chi connectivity index (χ0n) is 12.1. The van der Waals surface area contributed by atoms with E-state index in [1.165, 1.54) is 0 Å². The largest absolute Gasteiger partial charge is 0.464 e. The Morgan fingerprint density at radius 2 is 2.11 bits per heavy atom. The zero-order valence-corrected chi connectivity index (χ0v) is 12.1. The van der Waals surface area contributed by atoms with Crippen molar-refractivity contribution in [2.24, 2.45) is 5.73 Å². The van der Waals surface area contributed by atoms with Gasteiger partial charge in [0.05, 0.1) is 0 Å². The van der Waals surface area contributed by atoms with E-state index in [1.807, 2.05) is 31.5 Å². The fourth-order valence-electron chi connectivity index (χ4n) is 2.40. The Morgan fingerprint density at radius 3 is 2.63 bits per heavy atom. The van der Waals surface area contributed by atoms with Crippen molar-refractivity contribution in [3.8, 4) is 0 Å². The molecule has 0 spiro atoms. The van der Waals surface area contributed by atoms with Crippen LogP contribution in [0.1, 0.15) is 56.5 Å². The first-order chi connectivity index (χ1) is 9.04. The molecule has 19 heavy (non-hydrogen) atoms. The lowest BCUT2D eigenvalue weighted by Gasteiger charge is -2.25. The first-order valence-electron chi connectivity index (χ1n) is 6.89. The Hall–Kier alpha value is -1.55. The number of nitrogens with zero attached hydrogens (tertiary/aromatic N) is 2. The Bertz CT molecular complexity index is 527. The lowest BCUT2D eigenvalue weighted by molar-refractivity contribution is 0.356. The highest BCUT2D eigenvalue weighted by Gasteiger charge is 2.26. The molecule has 0 aliphatic carbocycles. The predicted molar refractivity (Wildman–Crippen MR) is 76.2 cm³/mol. The summed E-state index contributed by atoms with van der Waals surface area (Å²) in [6, 6.07) is 4.02. The minimum absolute atomic E-state index is 0.0113. The van der Waals surface area contributed by atoms with Crippen LogP contribution >= 0.6 is 0 Å². The Morgan fingerprint density at radius 1 is 1.37 bits per heavy atom. The van der Waals surface area contributed by atoms with E-state index in [2.05, 4.69) is 30.3 Å². The molecule has 2 N–H and O–H groups in total. The van der Waals surface area contributed by atoms with Crippen molar-refractivity contribution in [2.75, 3.05) is 0 Å². The van der Waals surface area contributed by atoms with E-state index in [0.717, 1.165) is 23.8 Å². The molecular formula is C15H23N3O. The second kappa shape index (κ2) is 5.61. The first-order valence-corrected chi connectivity index (χ1v) is 6.89. The van der Waals surface area contributed by atoms with Crippen molar-refractivity contribution < 1.29 is 4.42 Å². The SMILES string of the molecule is CCC(N)C(c1ccc(C)o1)n1ccnc1C(C)C. The maximum Gasteiger partial charge on any atom is 0.128 e. The molecule has 4 heteroatoms. The van der Waals surface area contributed by atoms with Crippen molar-refractivity contribution in [2.45, 2.75) is 52.1 Å². The quantitative estimate of drug-likeness (QED) is 0.899. The molecule has 0 radical (unpaired) electrons. The summed E-state index contributed by atoms with van der Waals surface area (Å²) in [5.74, 6) is 3.22. The van der Waals surface area contributed by atoms with Crippen molar-refractivity contribution in [1.29, 1.82) is 0 Å². The lowest BCUT2D eigenvalue weighted by atomic mass is 10.0. The standard InChI is InChI=1S/C15H23N3O/c1-5-12(16)14(13-7-6-11(4)19-13)18-9-8-17-15(18)10(2)3/h6-10,12,14H,5,16H2,1-4H3. The van der Waals surface area contributed by atoms with Gasteiger partial charge < -0.3 is 14.7 Å². The van der Waals surface area contributed by atoms with Gasteiger partial charge in [0.15, 0.2) is 0 Å². The summed E-state index contributed by atoms with van der Waals surface area (Å²) < 4.78 is 7.95. The van der Waals surface area contributed by atoms with Gasteiger partial charge in [-0.15, -0.1) is 0 Å². The second-order valence-electron chi connectivity index (χ2n) is 5.31. The normalized spacial score (nSPS) is 14.8. The van der Waals surface area contributed by atoms with Crippen LogP contribution in [0.5, 0.6) is 0 Å². The van der Waals surface area contributed by atoms with Crippen LogP contribution in [0.15, 0.2) is 28.9 Å². The fraction of sp³-hybridized carbons (Fsp3) is 0.533. The van der Waals surface area contributed by atoms with E-state index in [9.17, 15) is 0 Å². The highest BCUT2D eigenvalue weighted by Crippen LogP contribution is 2.28. The summed E-state index contributed by atoms with van der Waals surface area (Å²) in [6.45, 7) is 8.33. The van der Waals surface area contributed by atoms with Crippen molar-refractivity contribution >= 4 is 0 Å². The smallest absolute Gasteiger partial charge is 0.128 e. The number of nitrogens with two attached hydrogens (primary N) is 1. The van der Waals surface area contributed by atoms with Gasteiger partial charge in [-0.1, -0.05) is 20.8 Å². The number of hydrogen-bond donors (Lipinski definition) is 1. The molecule has 0 aliphatic rings. The molecule has 0 aliphatic heterocycles. The van der Waals surface area contributed by atoms with Crippen LogP contribution < -0.4 is 5.73 Å². The van der Waals surface area contributed by atoms with Crippen LogP contribution in [0.3, 0.4) is 0 Å². The topological polar surface area (TPSA) is 57.0 Å². The van der Waals surface area contributed by atoms with Gasteiger partial charge in [0, 0.05) is 24.4 Å². The molecule has 2 aromatic heterocycles. The molecule has 4 nitrogen and oxygen atoms in total. The molecule has 0 saturated carbocycles. The number of imidazole rings is 1. The van der Waals surface area contributed by atoms with Crippen LogP contribution in [-0.2, 0) is 0 Å². The molecular weight excluding hydrogens is 238 g/mol. The van der Waals surface area contributed by atoms with E-state index < -0.39 is 0 Å². The minimum Gasteiger partial charge on any atom is -0.464 e. The maximum atomic E-state index is 6.31. The highest BCUT2D eigenvalue weighted by molar-refractivity contribution is 5.16. The third kappa shape index (κ3) is 2.73. The summed E-state index contributed by atoms with van der Waals surface area (Å²) in [4.78, 5) is 4.45. The van der Waals surface area contributed by atoms with Gasteiger partial charge in [-0.25, -0.2) is 4.98 Å². The van der Waals surface area contributed by atoms with E-state index in [-0.39, 0.29) is 12.1 Å². The number of rotatable bonds is 5. The van der Waals surface area contributed by atoms with E-state index in [0.29, 0.717) is 5.92 Å². The second-order valence-corrected chi connectivity index (χ2v) is 5.31. The monoisotopic (exact) mass is 261 g/mol. The molecule has 2 aromatic rings. The lowest BCUT2D eigenvalue weighted by Crippen LogP contribution is -2.33. The third-order valence-corrected chi connectivity index (χ3v) is 3.44.